The van der Waals surface area contributed by atoms with Crippen molar-refractivity contribution in [2.24, 2.45) is 5.92 Å². The van der Waals surface area contributed by atoms with Gasteiger partial charge in [0.2, 0.25) is 0 Å². The summed E-state index contributed by atoms with van der Waals surface area (Å²) in [6.45, 7) is 5.16. The summed E-state index contributed by atoms with van der Waals surface area (Å²) in [6, 6.07) is 14.6. The minimum atomic E-state index is -0.430. The number of halogens is 2. The third kappa shape index (κ3) is 3.87. The third-order valence-electron chi connectivity index (χ3n) is 5.02. The molecule has 0 bridgehead atoms. The monoisotopic (exact) mass is 428 g/mol. The summed E-state index contributed by atoms with van der Waals surface area (Å²) in [5.74, 6) is 0.00374. The van der Waals surface area contributed by atoms with Crippen molar-refractivity contribution in [3.05, 3.63) is 83.2 Å². The van der Waals surface area contributed by atoms with Crippen LogP contribution in [0.25, 0.3) is 5.69 Å². The number of nitrogens with zero attached hydrogens (tertiary/aromatic N) is 3. The van der Waals surface area contributed by atoms with Crippen LogP contribution in [0, 0.1) is 11.7 Å². The number of hydrogen-bond donors (Lipinski definition) is 1. The number of thiocarbonyl (C=S) groups is 1. The predicted octanol–water partition coefficient (Wildman–Crippen LogP) is 5.29. The highest BCUT2D eigenvalue weighted by Gasteiger charge is 2.41. The molecule has 1 aromatic carbocycles. The molecule has 2 atom stereocenters. The van der Waals surface area contributed by atoms with Crippen LogP contribution in [-0.2, 0) is 0 Å². The molecule has 3 heterocycles. The fraction of sp³-hybridized carbons (Fsp3) is 0.273. The lowest BCUT2D eigenvalue weighted by atomic mass is 10.0. The average Bonchev–Trinajstić information content (AvgIpc) is 3.29. The maximum Gasteiger partial charge on any atom is 0.170 e. The van der Waals surface area contributed by atoms with Crippen LogP contribution < -0.4 is 5.32 Å². The minimum Gasteiger partial charge on any atom is -0.352 e. The van der Waals surface area contributed by atoms with Crippen LogP contribution in [0.4, 0.5) is 4.39 Å². The van der Waals surface area contributed by atoms with Gasteiger partial charge in [0.05, 0.1) is 22.8 Å². The van der Waals surface area contributed by atoms with Gasteiger partial charge in [0.15, 0.2) is 5.11 Å². The molecule has 4 nitrogen and oxygen atoms in total. The summed E-state index contributed by atoms with van der Waals surface area (Å²) >= 11 is 11.7. The van der Waals surface area contributed by atoms with Gasteiger partial charge >= 0.3 is 0 Å². The molecule has 2 aromatic heterocycles. The molecule has 1 N–H and O–H groups in total. The maximum atomic E-state index is 13.7. The summed E-state index contributed by atoms with van der Waals surface area (Å²) in [5, 5.41) is 4.27. The van der Waals surface area contributed by atoms with E-state index in [-0.39, 0.29) is 17.1 Å². The van der Waals surface area contributed by atoms with Crippen molar-refractivity contribution < 1.29 is 4.39 Å². The molecule has 1 fully saturated rings. The Morgan fingerprint density at radius 1 is 1.21 bits per heavy atom. The van der Waals surface area contributed by atoms with E-state index >= 15 is 0 Å². The van der Waals surface area contributed by atoms with E-state index in [4.69, 9.17) is 23.8 Å². The van der Waals surface area contributed by atoms with E-state index in [0.717, 1.165) is 23.6 Å². The molecule has 0 radical (unpaired) electrons. The van der Waals surface area contributed by atoms with Gasteiger partial charge in [-0.3, -0.25) is 4.98 Å². The highest BCUT2D eigenvalue weighted by atomic mass is 35.5. The highest BCUT2D eigenvalue weighted by molar-refractivity contribution is 7.80. The first kappa shape index (κ1) is 19.9. The van der Waals surface area contributed by atoms with Crippen LogP contribution in [-0.4, -0.2) is 26.1 Å². The molecule has 0 amide bonds. The van der Waals surface area contributed by atoms with Crippen LogP contribution >= 0.6 is 23.8 Å². The zero-order valence-electron chi connectivity index (χ0n) is 16.2. The van der Waals surface area contributed by atoms with Crippen molar-refractivity contribution in [1.29, 1.82) is 0 Å². The summed E-state index contributed by atoms with van der Waals surface area (Å²) in [5.41, 5.74) is 2.77. The molecule has 1 saturated heterocycles. The molecule has 3 aromatic rings. The number of pyridine rings is 1. The Hall–Kier alpha value is -2.44. The number of hydrogen-bond acceptors (Lipinski definition) is 2. The predicted molar refractivity (Wildman–Crippen MR) is 118 cm³/mol. The van der Waals surface area contributed by atoms with Gasteiger partial charge in [-0.15, -0.1) is 0 Å². The van der Waals surface area contributed by atoms with Gasteiger partial charge in [-0.1, -0.05) is 31.5 Å². The van der Waals surface area contributed by atoms with Crippen molar-refractivity contribution in [3.8, 4) is 5.69 Å². The number of aromatic nitrogens is 2. The molecule has 0 saturated carbocycles. The quantitative estimate of drug-likeness (QED) is 0.559. The van der Waals surface area contributed by atoms with Crippen LogP contribution in [0.5, 0.6) is 0 Å². The van der Waals surface area contributed by atoms with Crippen molar-refractivity contribution in [1.82, 2.24) is 19.8 Å². The number of benzene rings is 1. The fourth-order valence-corrected chi connectivity index (χ4v) is 4.31. The van der Waals surface area contributed by atoms with Gasteiger partial charge in [0.25, 0.3) is 0 Å². The SMILES string of the molecule is CC(C)CN1C(=S)N[C@@H](c2ccccn2)[C@H]1c1cccn1-c1ccc(F)c(Cl)c1. The van der Waals surface area contributed by atoms with Crippen molar-refractivity contribution in [3.63, 3.8) is 0 Å². The van der Waals surface area contributed by atoms with Gasteiger partial charge in [0.1, 0.15) is 5.82 Å². The molecular formula is C22H22ClFN4S. The third-order valence-corrected chi connectivity index (χ3v) is 5.67. The molecule has 7 heteroatoms. The first-order chi connectivity index (χ1) is 14.0. The lowest BCUT2D eigenvalue weighted by Crippen LogP contribution is -2.33. The largest absolute Gasteiger partial charge is 0.352 e. The second kappa shape index (κ2) is 8.13. The number of rotatable bonds is 5. The molecule has 0 aliphatic carbocycles. The lowest BCUT2D eigenvalue weighted by Gasteiger charge is -2.30. The average molecular weight is 429 g/mol. The van der Waals surface area contributed by atoms with Crippen LogP contribution in [0.3, 0.4) is 0 Å². The minimum absolute atomic E-state index is 0.0568. The van der Waals surface area contributed by atoms with Gasteiger partial charge in [-0.25, -0.2) is 4.39 Å². The van der Waals surface area contributed by atoms with Crippen molar-refractivity contribution in [2.45, 2.75) is 25.9 Å². The van der Waals surface area contributed by atoms with E-state index in [0.29, 0.717) is 11.0 Å². The standard InChI is InChI=1S/C22H22ClFN4S/c1-14(2)13-28-21(20(26-22(28)29)18-6-3-4-10-25-18)19-7-5-11-27(19)15-8-9-17(24)16(23)12-15/h3-12,14,20-21H,13H2,1-2H3,(H,26,29)/t20-,21+/m0/s1. The molecule has 4 rings (SSSR count). The second-order valence-corrected chi connectivity index (χ2v) is 8.37. The smallest absolute Gasteiger partial charge is 0.170 e. The molecule has 0 unspecified atom stereocenters. The summed E-state index contributed by atoms with van der Waals surface area (Å²) in [6.07, 6.45) is 3.75. The topological polar surface area (TPSA) is 33.1 Å². The normalized spacial score (nSPS) is 19.1. The maximum absolute atomic E-state index is 13.7. The van der Waals surface area contributed by atoms with Gasteiger partial charge < -0.3 is 14.8 Å². The van der Waals surface area contributed by atoms with Crippen LogP contribution in [0.1, 0.15) is 37.3 Å². The summed E-state index contributed by atoms with van der Waals surface area (Å²) < 4.78 is 15.7. The first-order valence-electron chi connectivity index (χ1n) is 9.56. The summed E-state index contributed by atoms with van der Waals surface area (Å²) in [7, 11) is 0. The van der Waals surface area contributed by atoms with E-state index in [1.165, 1.54) is 6.07 Å². The Morgan fingerprint density at radius 3 is 2.72 bits per heavy atom. The van der Waals surface area contributed by atoms with E-state index in [2.05, 4.69) is 35.1 Å². The summed E-state index contributed by atoms with van der Waals surface area (Å²) in [4.78, 5) is 6.79. The molecule has 0 spiro atoms. The zero-order chi connectivity index (χ0) is 20.5. The Morgan fingerprint density at radius 2 is 2.03 bits per heavy atom. The van der Waals surface area contributed by atoms with Crippen LogP contribution in [0.15, 0.2) is 60.9 Å². The Labute approximate surface area is 180 Å². The molecule has 150 valence electrons. The molecular weight excluding hydrogens is 407 g/mol. The van der Waals surface area contributed by atoms with E-state index < -0.39 is 5.82 Å². The van der Waals surface area contributed by atoms with Gasteiger partial charge in [0, 0.05) is 30.3 Å². The lowest BCUT2D eigenvalue weighted by molar-refractivity contribution is 0.280. The van der Waals surface area contributed by atoms with Gasteiger partial charge in [-0.05, 0) is 60.6 Å². The second-order valence-electron chi connectivity index (χ2n) is 7.57. The van der Waals surface area contributed by atoms with Gasteiger partial charge in [-0.2, -0.15) is 0 Å². The Bertz CT molecular complexity index is 1020. The van der Waals surface area contributed by atoms with Crippen LogP contribution in [0.2, 0.25) is 5.02 Å². The van der Waals surface area contributed by atoms with E-state index in [9.17, 15) is 4.39 Å². The molecule has 1 aliphatic heterocycles. The number of nitrogens with one attached hydrogen (secondary N) is 1. The molecule has 1 aliphatic rings. The molecule has 29 heavy (non-hydrogen) atoms. The zero-order valence-corrected chi connectivity index (χ0v) is 17.8. The van der Waals surface area contributed by atoms with Crippen molar-refractivity contribution >= 4 is 28.9 Å². The first-order valence-corrected chi connectivity index (χ1v) is 10.3. The van der Waals surface area contributed by atoms with Crippen molar-refractivity contribution in [2.75, 3.05) is 6.54 Å². The Balaban J connectivity index is 1.82. The Kier molecular flexibility index (Phi) is 5.56. The van der Waals surface area contributed by atoms with E-state index in [1.54, 1.807) is 18.3 Å². The fourth-order valence-electron chi connectivity index (χ4n) is 3.82. The highest BCUT2D eigenvalue weighted by Crippen LogP contribution is 2.40. The van der Waals surface area contributed by atoms with E-state index in [1.807, 2.05) is 35.0 Å².